The van der Waals surface area contributed by atoms with E-state index in [1.54, 1.807) is 6.08 Å². The molecule has 0 saturated carbocycles. The Morgan fingerprint density at radius 2 is 2.67 bits per heavy atom. The highest BCUT2D eigenvalue weighted by Crippen LogP contribution is 2.09. The molecule has 0 spiro atoms. The predicted octanol–water partition coefficient (Wildman–Crippen LogP) is 1.77. The summed E-state index contributed by atoms with van der Waals surface area (Å²) in [5.74, 6) is 2.45. The van der Waals surface area contributed by atoms with Gasteiger partial charge in [-0.25, -0.2) is 0 Å². The Morgan fingerprint density at radius 3 is 3.11 bits per heavy atom. The first-order valence-electron chi connectivity index (χ1n) is 2.42. The van der Waals surface area contributed by atoms with Gasteiger partial charge < -0.3 is 0 Å². The molecular weight excluding hydrogens is 130 g/mol. The van der Waals surface area contributed by atoms with E-state index in [1.807, 2.05) is 5.38 Å². The van der Waals surface area contributed by atoms with Crippen LogP contribution in [0.4, 0.5) is 0 Å². The molecule has 0 atom stereocenters. The Balaban J connectivity index is 3.17. The topological polar surface area (TPSA) is 12.9 Å². The summed E-state index contributed by atoms with van der Waals surface area (Å²) in [5.41, 5.74) is 1.64. The van der Waals surface area contributed by atoms with Crippen LogP contribution in [0, 0.1) is 12.3 Å². The van der Waals surface area contributed by atoms with Gasteiger partial charge in [-0.2, -0.15) is 4.37 Å². The minimum Gasteiger partial charge on any atom is -0.183 e. The number of terminal acetylenes is 1. The van der Waals surface area contributed by atoms with Gasteiger partial charge in [0.15, 0.2) is 0 Å². The fourth-order valence-electron chi connectivity index (χ4n) is 0.499. The van der Waals surface area contributed by atoms with Gasteiger partial charge in [-0.05, 0) is 17.5 Å². The van der Waals surface area contributed by atoms with E-state index >= 15 is 0 Å². The number of nitrogens with zero attached hydrogens (tertiary/aromatic N) is 1. The third-order valence-corrected chi connectivity index (χ3v) is 1.60. The molecule has 0 amide bonds. The van der Waals surface area contributed by atoms with Crippen molar-refractivity contribution in [2.75, 3.05) is 0 Å². The fraction of sp³-hybridized carbons (Fsp3) is 0. The second-order valence-electron chi connectivity index (χ2n) is 1.47. The largest absolute Gasteiger partial charge is 0.183 e. The maximum Gasteiger partial charge on any atom is 0.133 e. The van der Waals surface area contributed by atoms with Crippen LogP contribution < -0.4 is 0 Å². The predicted molar refractivity (Wildman–Crippen MR) is 40.1 cm³/mol. The standard InChI is InChI=1S/C7H5NS/c1-3-6-5-9-8-7(6)4-2/h2-3,5H,1H2. The van der Waals surface area contributed by atoms with Gasteiger partial charge in [-0.1, -0.05) is 12.7 Å². The van der Waals surface area contributed by atoms with Gasteiger partial charge in [-0.3, -0.25) is 0 Å². The number of rotatable bonds is 1. The lowest BCUT2D eigenvalue weighted by Crippen LogP contribution is -1.73. The van der Waals surface area contributed by atoms with Crippen LogP contribution in [0.25, 0.3) is 6.08 Å². The van der Waals surface area contributed by atoms with E-state index in [9.17, 15) is 0 Å². The van der Waals surface area contributed by atoms with Crippen molar-refractivity contribution in [2.45, 2.75) is 0 Å². The molecule has 0 N–H and O–H groups in total. The van der Waals surface area contributed by atoms with Crippen molar-refractivity contribution in [1.82, 2.24) is 4.37 Å². The van der Waals surface area contributed by atoms with Crippen molar-refractivity contribution in [1.29, 1.82) is 0 Å². The van der Waals surface area contributed by atoms with Gasteiger partial charge in [0.25, 0.3) is 0 Å². The summed E-state index contributed by atoms with van der Waals surface area (Å²) in [7, 11) is 0. The molecule has 2 heteroatoms. The highest BCUT2D eigenvalue weighted by molar-refractivity contribution is 7.03. The van der Waals surface area contributed by atoms with Crippen molar-refractivity contribution in [3.63, 3.8) is 0 Å². The molecule has 0 aromatic carbocycles. The van der Waals surface area contributed by atoms with E-state index in [0.717, 1.165) is 5.56 Å². The molecule has 0 radical (unpaired) electrons. The third kappa shape index (κ3) is 1.01. The van der Waals surface area contributed by atoms with Gasteiger partial charge >= 0.3 is 0 Å². The van der Waals surface area contributed by atoms with Gasteiger partial charge in [0.1, 0.15) is 5.69 Å². The van der Waals surface area contributed by atoms with Crippen molar-refractivity contribution < 1.29 is 0 Å². The fourth-order valence-corrected chi connectivity index (χ4v) is 1.14. The Labute approximate surface area is 58.2 Å². The van der Waals surface area contributed by atoms with Crippen LogP contribution in [0.15, 0.2) is 12.0 Å². The van der Waals surface area contributed by atoms with Crippen molar-refractivity contribution in [3.05, 3.63) is 23.2 Å². The molecule has 9 heavy (non-hydrogen) atoms. The van der Waals surface area contributed by atoms with E-state index in [2.05, 4.69) is 16.9 Å². The summed E-state index contributed by atoms with van der Waals surface area (Å²) in [6, 6.07) is 0. The molecule has 0 saturated heterocycles. The van der Waals surface area contributed by atoms with Crippen LogP contribution in [-0.2, 0) is 0 Å². The van der Waals surface area contributed by atoms with Crippen molar-refractivity contribution >= 4 is 17.6 Å². The van der Waals surface area contributed by atoms with Crippen molar-refractivity contribution in [3.8, 4) is 12.3 Å². The minimum atomic E-state index is 0.690. The second kappa shape index (κ2) is 2.47. The van der Waals surface area contributed by atoms with Gasteiger partial charge in [-0.15, -0.1) is 6.42 Å². The molecule has 0 aliphatic rings. The van der Waals surface area contributed by atoms with Gasteiger partial charge in [0.2, 0.25) is 0 Å². The number of hydrogen-bond acceptors (Lipinski definition) is 2. The molecule has 0 aliphatic heterocycles. The zero-order valence-corrected chi connectivity index (χ0v) is 5.61. The SMILES string of the molecule is C#Cc1nscc1C=C. The highest BCUT2D eigenvalue weighted by Gasteiger charge is 1.95. The molecular formula is C7H5NS. The smallest absolute Gasteiger partial charge is 0.133 e. The lowest BCUT2D eigenvalue weighted by atomic mass is 10.3. The molecule has 44 valence electrons. The first-order valence-corrected chi connectivity index (χ1v) is 3.25. The van der Waals surface area contributed by atoms with Gasteiger partial charge in [0.05, 0.1) is 0 Å². The molecule has 0 unspecified atom stereocenters. The van der Waals surface area contributed by atoms with Crippen molar-refractivity contribution in [2.24, 2.45) is 0 Å². The Bertz CT molecular complexity index is 254. The molecule has 1 nitrogen and oxygen atoms in total. The first kappa shape index (κ1) is 6.06. The maximum absolute atomic E-state index is 5.12. The number of aromatic nitrogens is 1. The van der Waals surface area contributed by atoms with E-state index < -0.39 is 0 Å². The maximum atomic E-state index is 5.12. The molecule has 0 aliphatic carbocycles. The summed E-state index contributed by atoms with van der Waals surface area (Å²) < 4.78 is 3.94. The quantitative estimate of drug-likeness (QED) is 0.535. The number of hydrogen-bond donors (Lipinski definition) is 0. The van der Waals surface area contributed by atoms with Crippen LogP contribution in [0.3, 0.4) is 0 Å². The third-order valence-electron chi connectivity index (χ3n) is 0.954. The molecule has 1 aromatic heterocycles. The van der Waals surface area contributed by atoms with Crippen LogP contribution in [0.2, 0.25) is 0 Å². The molecule has 1 aromatic rings. The summed E-state index contributed by atoms with van der Waals surface area (Å²) >= 11 is 1.35. The summed E-state index contributed by atoms with van der Waals surface area (Å²) in [4.78, 5) is 0. The summed E-state index contributed by atoms with van der Waals surface area (Å²) in [6.07, 6.45) is 6.82. The van der Waals surface area contributed by atoms with Crippen LogP contribution >= 0.6 is 11.5 Å². The lowest BCUT2D eigenvalue weighted by Gasteiger charge is -1.80. The van der Waals surface area contributed by atoms with E-state index in [4.69, 9.17) is 6.42 Å². The van der Waals surface area contributed by atoms with Crippen LogP contribution in [0.1, 0.15) is 11.3 Å². The first-order chi connectivity index (χ1) is 4.38. The van der Waals surface area contributed by atoms with E-state index in [1.165, 1.54) is 11.5 Å². The lowest BCUT2D eigenvalue weighted by molar-refractivity contribution is 1.49. The van der Waals surface area contributed by atoms with E-state index in [0.29, 0.717) is 5.69 Å². The zero-order valence-electron chi connectivity index (χ0n) is 4.79. The average molecular weight is 135 g/mol. The summed E-state index contributed by atoms with van der Waals surface area (Å²) in [6.45, 7) is 3.58. The average Bonchev–Trinajstić information content (AvgIpc) is 2.33. The molecule has 1 rings (SSSR count). The molecule has 0 fully saturated rings. The molecule has 0 bridgehead atoms. The van der Waals surface area contributed by atoms with E-state index in [-0.39, 0.29) is 0 Å². The zero-order chi connectivity index (χ0) is 6.69. The van der Waals surface area contributed by atoms with Gasteiger partial charge in [0, 0.05) is 10.9 Å². The monoisotopic (exact) mass is 135 g/mol. The normalized spacial score (nSPS) is 8.33. The molecule has 1 heterocycles. The Morgan fingerprint density at radius 1 is 1.89 bits per heavy atom. The Kier molecular flexibility index (Phi) is 1.66. The second-order valence-corrected chi connectivity index (χ2v) is 2.10. The highest BCUT2D eigenvalue weighted by atomic mass is 32.1. The summed E-state index contributed by atoms with van der Waals surface area (Å²) in [5, 5.41) is 1.88. The van der Waals surface area contributed by atoms with Crippen LogP contribution in [0.5, 0.6) is 0 Å². The Hall–Kier alpha value is -1.07. The van der Waals surface area contributed by atoms with Crippen LogP contribution in [-0.4, -0.2) is 4.37 Å². The minimum absolute atomic E-state index is 0.690.